The fourth-order valence-corrected chi connectivity index (χ4v) is 3.96. The first kappa shape index (κ1) is 21.9. The lowest BCUT2D eigenvalue weighted by molar-refractivity contribution is 0.0960. The van der Waals surface area contributed by atoms with Crippen LogP contribution in [0.5, 0.6) is 5.75 Å². The molecule has 0 radical (unpaired) electrons. The summed E-state index contributed by atoms with van der Waals surface area (Å²) in [6.07, 6.45) is 3.48. The molecule has 0 atom stereocenters. The number of hydrogen-bond acceptors (Lipinski definition) is 8. The van der Waals surface area contributed by atoms with Gasteiger partial charge in [-0.25, -0.2) is 0 Å². The normalized spacial score (nSPS) is 12.9. The highest BCUT2D eigenvalue weighted by Crippen LogP contribution is 2.21. The van der Waals surface area contributed by atoms with Crippen LogP contribution in [0.4, 0.5) is 5.69 Å². The number of amides is 1. The van der Waals surface area contributed by atoms with Crippen molar-refractivity contribution in [2.24, 2.45) is 0 Å². The lowest BCUT2D eigenvalue weighted by Gasteiger charge is -2.16. The third-order valence-electron chi connectivity index (χ3n) is 4.53. The van der Waals surface area contributed by atoms with Crippen molar-refractivity contribution in [3.63, 3.8) is 0 Å². The number of anilines is 1. The molecule has 0 aliphatic carbocycles. The van der Waals surface area contributed by atoms with Gasteiger partial charge in [0.25, 0.3) is 11.5 Å². The second kappa shape index (κ2) is 9.88. The van der Waals surface area contributed by atoms with E-state index in [0.717, 1.165) is 11.4 Å². The summed E-state index contributed by atoms with van der Waals surface area (Å²) in [6, 6.07) is 14.0. The Kier molecular flexibility index (Phi) is 6.76. The Hall–Kier alpha value is -3.31. The minimum absolute atomic E-state index is 0.0576. The van der Waals surface area contributed by atoms with Gasteiger partial charge in [0.2, 0.25) is 0 Å². The first-order valence-corrected chi connectivity index (χ1v) is 10.9. The number of carbonyl (C=O) groups excluding carboxylic acids is 1. The van der Waals surface area contributed by atoms with Gasteiger partial charge in [0.1, 0.15) is 6.61 Å². The topological polar surface area (TPSA) is 108 Å². The molecule has 4 rings (SSSR count). The van der Waals surface area contributed by atoms with Crippen molar-refractivity contribution in [3.8, 4) is 11.4 Å². The van der Waals surface area contributed by atoms with Gasteiger partial charge in [0.15, 0.2) is 5.75 Å². The van der Waals surface area contributed by atoms with Crippen LogP contribution < -0.4 is 31.6 Å². The molecule has 11 heteroatoms. The maximum absolute atomic E-state index is 12.6. The number of benzene rings is 1. The van der Waals surface area contributed by atoms with E-state index in [1.165, 1.54) is 15.9 Å². The molecule has 166 valence electrons. The van der Waals surface area contributed by atoms with Crippen molar-refractivity contribution in [2.75, 3.05) is 24.8 Å². The van der Waals surface area contributed by atoms with Gasteiger partial charge in [0.05, 0.1) is 33.7 Å². The number of aromatic nitrogens is 1. The van der Waals surface area contributed by atoms with Gasteiger partial charge < -0.3 is 20.6 Å². The molecule has 0 fully saturated rings. The molecule has 0 saturated heterocycles. The molecule has 0 saturated carbocycles. The zero-order chi connectivity index (χ0) is 22.5. The van der Waals surface area contributed by atoms with E-state index < -0.39 is 0 Å². The number of aliphatic hydroxyl groups excluding tert-OH is 1. The second-order valence-electron chi connectivity index (χ2n) is 6.68. The highest BCUT2D eigenvalue weighted by atomic mass is 35.5. The van der Waals surface area contributed by atoms with Crippen LogP contribution in [0.15, 0.2) is 71.4 Å². The van der Waals surface area contributed by atoms with Crippen LogP contribution in [0, 0.1) is 0 Å². The van der Waals surface area contributed by atoms with Crippen LogP contribution in [0.3, 0.4) is 0 Å². The second-order valence-corrected chi connectivity index (χ2v) is 8.40. The summed E-state index contributed by atoms with van der Waals surface area (Å²) in [5, 5.41) is 13.5. The lowest BCUT2D eigenvalue weighted by atomic mass is 10.2. The smallest absolute Gasteiger partial charge is 0.297 e. The Morgan fingerprint density at radius 2 is 1.94 bits per heavy atom. The van der Waals surface area contributed by atoms with Crippen molar-refractivity contribution >= 4 is 34.5 Å². The number of nitrogens with one attached hydrogen (secondary N) is 3. The molecular weight excluding hydrogens is 454 g/mol. The summed E-state index contributed by atoms with van der Waals surface area (Å²) in [4.78, 5) is 25.3. The number of thiophene rings is 1. The standard InChI is InChI=1S/C21H20ClN5O4S/c22-19-8-7-18(32-19)20(29)23-12-14-13-27(25-24-14)16-5-3-15(4-6-16)26-9-1-2-17(21(26)30)31-11-10-28/h1-9,13,24-25,28H,10-12H2,(H,23,29). The lowest BCUT2D eigenvalue weighted by Crippen LogP contribution is -2.38. The Bertz CT molecular complexity index is 1190. The van der Waals surface area contributed by atoms with Gasteiger partial charge in [-0.15, -0.1) is 16.9 Å². The number of hydrogen-bond donors (Lipinski definition) is 4. The van der Waals surface area contributed by atoms with Gasteiger partial charge in [-0.05, 0) is 48.5 Å². The predicted octanol–water partition coefficient (Wildman–Crippen LogP) is 2.02. The third kappa shape index (κ3) is 4.94. The fraction of sp³-hybridized carbons (Fsp3) is 0.143. The largest absolute Gasteiger partial charge is 0.485 e. The minimum atomic E-state index is -0.306. The van der Waals surface area contributed by atoms with Gasteiger partial charge in [-0.1, -0.05) is 11.6 Å². The molecule has 0 spiro atoms. The molecule has 1 aliphatic rings. The predicted molar refractivity (Wildman–Crippen MR) is 123 cm³/mol. The fourth-order valence-electron chi connectivity index (χ4n) is 3.00. The molecule has 1 aliphatic heterocycles. The van der Waals surface area contributed by atoms with Crippen molar-refractivity contribution in [1.82, 2.24) is 20.8 Å². The van der Waals surface area contributed by atoms with Crippen LogP contribution in [0.25, 0.3) is 5.69 Å². The van der Waals surface area contributed by atoms with Crippen molar-refractivity contribution in [3.05, 3.63) is 86.2 Å². The molecule has 3 aromatic rings. The Balaban J connectivity index is 1.41. The molecule has 9 nitrogen and oxygen atoms in total. The quantitative estimate of drug-likeness (QED) is 0.396. The summed E-state index contributed by atoms with van der Waals surface area (Å²) >= 11 is 7.09. The number of halogens is 1. The molecular formula is C21H20ClN5O4S. The Morgan fingerprint density at radius 3 is 2.66 bits per heavy atom. The van der Waals surface area contributed by atoms with Crippen molar-refractivity contribution in [2.45, 2.75) is 0 Å². The van der Waals surface area contributed by atoms with Crippen LogP contribution >= 0.6 is 22.9 Å². The van der Waals surface area contributed by atoms with Crippen LogP contribution in [-0.2, 0) is 0 Å². The molecule has 1 aromatic carbocycles. The molecule has 0 unspecified atom stereocenters. The molecule has 3 heterocycles. The van der Waals surface area contributed by atoms with Crippen molar-refractivity contribution < 1.29 is 14.6 Å². The maximum atomic E-state index is 12.6. The van der Waals surface area contributed by atoms with E-state index in [9.17, 15) is 9.59 Å². The van der Waals surface area contributed by atoms with E-state index in [1.807, 2.05) is 30.5 Å². The SMILES string of the molecule is O=C(NCC1=CN(c2ccc(-n3cccc(OCCO)c3=O)cc2)NN1)c1ccc(Cl)s1. The summed E-state index contributed by atoms with van der Waals surface area (Å²) in [7, 11) is 0. The maximum Gasteiger partial charge on any atom is 0.297 e. The molecule has 0 bridgehead atoms. The first-order valence-electron chi connectivity index (χ1n) is 9.66. The van der Waals surface area contributed by atoms with Crippen LogP contribution in [-0.4, -0.2) is 35.3 Å². The third-order valence-corrected chi connectivity index (χ3v) is 5.76. The average Bonchev–Trinajstić information content (AvgIpc) is 3.46. The van der Waals surface area contributed by atoms with E-state index in [4.69, 9.17) is 21.4 Å². The number of hydrazine groups is 2. The zero-order valence-corrected chi connectivity index (χ0v) is 18.3. The summed E-state index contributed by atoms with van der Waals surface area (Å²) in [5.41, 5.74) is 7.98. The van der Waals surface area contributed by atoms with Gasteiger partial charge in [-0.2, -0.15) is 0 Å². The number of aliphatic hydroxyl groups is 1. The Morgan fingerprint density at radius 1 is 1.16 bits per heavy atom. The number of pyridine rings is 1. The van der Waals surface area contributed by atoms with Crippen molar-refractivity contribution in [1.29, 1.82) is 0 Å². The molecule has 2 aromatic heterocycles. The Labute approximate surface area is 192 Å². The van der Waals surface area contributed by atoms with E-state index in [2.05, 4.69) is 16.3 Å². The monoisotopic (exact) mass is 473 g/mol. The number of nitrogens with zero attached hydrogens (tertiary/aromatic N) is 2. The summed E-state index contributed by atoms with van der Waals surface area (Å²) < 4.78 is 7.32. The van der Waals surface area contributed by atoms with Crippen LogP contribution in [0.2, 0.25) is 4.34 Å². The molecule has 1 amide bonds. The summed E-state index contributed by atoms with van der Waals surface area (Å²) in [6.45, 7) is 0.204. The number of carbonyl (C=O) groups is 1. The van der Waals surface area contributed by atoms with Gasteiger partial charge in [-0.3, -0.25) is 19.2 Å². The van der Waals surface area contributed by atoms with Gasteiger partial charge >= 0.3 is 0 Å². The summed E-state index contributed by atoms with van der Waals surface area (Å²) in [5.74, 6) is -0.0153. The van der Waals surface area contributed by atoms with E-state index in [1.54, 1.807) is 35.5 Å². The molecule has 4 N–H and O–H groups in total. The highest BCUT2D eigenvalue weighted by molar-refractivity contribution is 7.18. The minimum Gasteiger partial charge on any atom is -0.485 e. The van der Waals surface area contributed by atoms with Gasteiger partial charge in [0, 0.05) is 18.1 Å². The van der Waals surface area contributed by atoms with E-state index in [0.29, 0.717) is 21.4 Å². The molecule has 32 heavy (non-hydrogen) atoms. The number of ether oxygens (including phenoxy) is 1. The average molecular weight is 474 g/mol. The first-order chi connectivity index (χ1) is 15.5. The van der Waals surface area contributed by atoms with E-state index >= 15 is 0 Å². The van der Waals surface area contributed by atoms with E-state index in [-0.39, 0.29) is 30.4 Å². The highest BCUT2D eigenvalue weighted by Gasteiger charge is 2.15. The zero-order valence-electron chi connectivity index (χ0n) is 16.7. The van der Waals surface area contributed by atoms with Crippen LogP contribution in [0.1, 0.15) is 9.67 Å². The number of rotatable bonds is 8.